The van der Waals surface area contributed by atoms with Gasteiger partial charge < -0.3 is 0 Å². The molecule has 6 rings (SSSR count). The van der Waals surface area contributed by atoms with Crippen molar-refractivity contribution in [2.24, 2.45) is 5.92 Å². The molecule has 0 radical (unpaired) electrons. The Kier molecular flexibility index (Phi) is 12.5. The quantitative estimate of drug-likeness (QED) is 0.140. The summed E-state index contributed by atoms with van der Waals surface area (Å²) in [7, 11) is 0. The molecule has 4 atom stereocenters. The number of hydrogen-bond acceptors (Lipinski definition) is 0. The van der Waals surface area contributed by atoms with Crippen LogP contribution in [0.25, 0.3) is 34.4 Å². The predicted octanol–water partition coefficient (Wildman–Crippen LogP) is 13.9. The first-order valence-corrected chi connectivity index (χ1v) is 32.0. The number of rotatable bonds is 10. The van der Waals surface area contributed by atoms with Gasteiger partial charge in [0.15, 0.2) is 0 Å². The van der Waals surface area contributed by atoms with Crippen molar-refractivity contribution in [3.63, 3.8) is 0 Å². The molecular weight excluding hydrogens is 731 g/mol. The van der Waals surface area contributed by atoms with Crippen molar-refractivity contribution in [3.8, 4) is 22.3 Å². The van der Waals surface area contributed by atoms with Crippen LogP contribution in [0.3, 0.4) is 0 Å². The fourth-order valence-electron chi connectivity index (χ4n) is 9.00. The zero-order valence-corrected chi connectivity index (χ0v) is 36.8. The Balaban J connectivity index is 0.00000270. The molecule has 260 valence electrons. The van der Waals surface area contributed by atoms with E-state index in [0.717, 1.165) is 6.42 Å². The Morgan fingerprint density at radius 3 is 1.43 bits per heavy atom. The molecule has 0 amide bonds. The van der Waals surface area contributed by atoms with Gasteiger partial charge in [0, 0.05) is 0 Å². The standard InChI is InChI=1S/C22H25.C21H23.2CH3.2ClH.H2Si.Zr/c1-5-16(4)17-9-11-18(12-10-17)21-8-6-7-19-13-20(15(2)3)14-22(19)21;1-4-15(3)17-9-11-18(12-10-17)20-8-6-7-19-13-16(5-2)14-21(19)20;;;;;;/h6-16H,5H2,1-4H3;6-15H,4-5H2,1-3H3;2*1H3;2*1H;1H2;. The average molecular weight is 789 g/mol. The second-order valence-electron chi connectivity index (χ2n) is 16.2. The Bertz CT molecular complexity index is 1920. The van der Waals surface area contributed by atoms with Gasteiger partial charge in [0.25, 0.3) is 0 Å². The Labute approximate surface area is 312 Å². The smallest absolute Gasteiger partial charge is 0.147 e. The van der Waals surface area contributed by atoms with E-state index in [2.05, 4.69) is 162 Å². The van der Waals surface area contributed by atoms with Gasteiger partial charge in [-0.25, -0.2) is 0 Å². The van der Waals surface area contributed by atoms with Crippen LogP contribution in [0.2, 0.25) is 9.26 Å². The van der Waals surface area contributed by atoms with Crippen LogP contribution in [0.4, 0.5) is 0 Å². The predicted molar refractivity (Wildman–Crippen MR) is 223 cm³/mol. The van der Waals surface area contributed by atoms with E-state index in [1.54, 1.807) is 22.3 Å². The fourth-order valence-corrected chi connectivity index (χ4v) is 29.0. The molecule has 4 heteroatoms. The van der Waals surface area contributed by atoms with Gasteiger partial charge in [-0.3, -0.25) is 0 Å². The van der Waals surface area contributed by atoms with Crippen LogP contribution in [0.15, 0.2) is 96.1 Å². The van der Waals surface area contributed by atoms with Crippen molar-refractivity contribution >= 4 is 43.8 Å². The molecule has 0 fully saturated rings. The summed E-state index contributed by atoms with van der Waals surface area (Å²) in [6.07, 6.45) is 8.69. The molecule has 49 heavy (non-hydrogen) atoms. The van der Waals surface area contributed by atoms with Crippen molar-refractivity contribution in [3.05, 3.63) is 129 Å². The van der Waals surface area contributed by atoms with Crippen molar-refractivity contribution in [2.75, 3.05) is 0 Å². The molecular formula is C45H58Cl2SiZr. The van der Waals surface area contributed by atoms with Crippen molar-refractivity contribution in [2.45, 2.75) is 96.1 Å². The summed E-state index contributed by atoms with van der Waals surface area (Å²) in [6, 6.07) is 33.3. The molecule has 0 saturated heterocycles. The molecule has 4 aromatic carbocycles. The van der Waals surface area contributed by atoms with Gasteiger partial charge in [-0.1, -0.05) is 0 Å². The molecule has 4 unspecified atom stereocenters. The molecule has 0 heterocycles. The number of fused-ring (bicyclic) bond motifs is 2. The third kappa shape index (κ3) is 7.11. The molecule has 0 aromatic heterocycles. The minimum Gasteiger partial charge on any atom is -0.147 e. The fraction of sp³-hybridized carbons (Fsp3) is 0.378. The van der Waals surface area contributed by atoms with Crippen LogP contribution < -0.4 is 0 Å². The molecule has 0 spiro atoms. The van der Waals surface area contributed by atoms with Crippen LogP contribution in [-0.4, -0.2) is 6.88 Å². The van der Waals surface area contributed by atoms with Gasteiger partial charge in [-0.15, -0.1) is 24.8 Å². The first-order chi connectivity index (χ1) is 22.4. The number of halogens is 2. The van der Waals surface area contributed by atoms with Crippen LogP contribution in [0, 0.1) is 5.92 Å². The topological polar surface area (TPSA) is 0 Å². The molecule has 0 N–H and O–H groups in total. The summed E-state index contributed by atoms with van der Waals surface area (Å²) in [5.74, 6) is 1.70. The Morgan fingerprint density at radius 2 is 1.02 bits per heavy atom. The number of benzene rings is 4. The summed E-state index contributed by atoms with van der Waals surface area (Å²) < 4.78 is 6.64. The van der Waals surface area contributed by atoms with Crippen LogP contribution in [-0.2, 0) is 17.4 Å². The molecule has 2 aliphatic carbocycles. The average Bonchev–Trinajstić information content (AvgIpc) is 3.68. The summed E-state index contributed by atoms with van der Waals surface area (Å²) in [4.78, 5) is 0. The van der Waals surface area contributed by atoms with E-state index in [-0.39, 0.29) is 24.8 Å². The molecule has 0 aliphatic heterocycles. The summed E-state index contributed by atoms with van der Waals surface area (Å²) >= 11 is -3.69. The minimum atomic E-state index is -3.69. The maximum Gasteiger partial charge on any atom is -0.147 e. The SMILES string of the molecule is CCC1=Cc2c(-c3ccc(C(C)CC)cc3)cccc2[CH]1[Zr]([CH3])([CH3])(=[SiH2])[CH]1C(C(C)C)=Cc2c(-c3ccc(C(C)CC)cc3)cccc21.Cl.Cl. The zero-order chi connectivity index (χ0) is 33.7. The monoisotopic (exact) mass is 786 g/mol. The largest absolute Gasteiger partial charge is 0.147 e. The maximum atomic E-state index is 2.79. The van der Waals surface area contributed by atoms with Crippen molar-refractivity contribution in [1.82, 2.24) is 0 Å². The van der Waals surface area contributed by atoms with E-state index in [4.69, 9.17) is 0 Å². The molecule has 0 saturated carbocycles. The van der Waals surface area contributed by atoms with Gasteiger partial charge in [0.05, 0.1) is 0 Å². The van der Waals surface area contributed by atoms with Gasteiger partial charge in [0.1, 0.15) is 0 Å². The Morgan fingerprint density at radius 1 is 0.592 bits per heavy atom. The first-order valence-electron chi connectivity index (χ1n) is 18.3. The molecule has 0 nitrogen and oxygen atoms in total. The van der Waals surface area contributed by atoms with Crippen LogP contribution >= 0.6 is 24.8 Å². The van der Waals surface area contributed by atoms with Gasteiger partial charge in [-0.05, 0) is 0 Å². The Hall–Kier alpha value is -1.96. The zero-order valence-electron chi connectivity index (χ0n) is 31.3. The third-order valence-corrected chi connectivity index (χ3v) is 29.4. The first kappa shape index (κ1) is 39.8. The van der Waals surface area contributed by atoms with E-state index in [0.29, 0.717) is 25.0 Å². The van der Waals surface area contributed by atoms with Gasteiger partial charge in [0.2, 0.25) is 0 Å². The van der Waals surface area contributed by atoms with Gasteiger partial charge in [-0.2, -0.15) is 0 Å². The second-order valence-corrected chi connectivity index (χ2v) is 46.6. The van der Waals surface area contributed by atoms with Crippen LogP contribution in [0.5, 0.6) is 0 Å². The third-order valence-electron chi connectivity index (χ3n) is 12.0. The van der Waals surface area contributed by atoms with Crippen molar-refractivity contribution < 1.29 is 17.4 Å². The summed E-state index contributed by atoms with van der Waals surface area (Å²) in [6.45, 7) is 19.0. The molecule has 2 aliphatic rings. The second kappa shape index (κ2) is 15.3. The number of allylic oxidation sites excluding steroid dienone is 2. The van der Waals surface area contributed by atoms with Crippen molar-refractivity contribution in [1.29, 1.82) is 0 Å². The van der Waals surface area contributed by atoms with E-state index in [9.17, 15) is 0 Å². The molecule has 0 bridgehead atoms. The van der Waals surface area contributed by atoms with Gasteiger partial charge >= 0.3 is 290 Å². The summed E-state index contributed by atoms with van der Waals surface area (Å²) in [5.41, 5.74) is 17.8. The minimum absolute atomic E-state index is 0. The van der Waals surface area contributed by atoms with E-state index >= 15 is 0 Å². The summed E-state index contributed by atoms with van der Waals surface area (Å²) in [5, 5.41) is 0. The van der Waals surface area contributed by atoms with E-state index in [1.807, 2.05) is 0 Å². The normalized spacial score (nSPS) is 18.1. The van der Waals surface area contributed by atoms with E-state index in [1.165, 1.54) is 57.3 Å². The molecule has 4 aromatic rings. The van der Waals surface area contributed by atoms with E-state index < -0.39 is 17.4 Å². The number of hydrogen-bond donors (Lipinski definition) is 0. The van der Waals surface area contributed by atoms with Crippen LogP contribution in [0.1, 0.15) is 120 Å². The maximum absolute atomic E-state index is 3.69.